The highest BCUT2D eigenvalue weighted by Gasteiger charge is 2.02. The average molecular weight is 284 g/mol. The number of nitrogens with one attached hydrogen (secondary N) is 2. The summed E-state index contributed by atoms with van der Waals surface area (Å²) in [5, 5.41) is 10.8. The van der Waals surface area contributed by atoms with Gasteiger partial charge >= 0.3 is 0 Å². The second-order valence-electron chi connectivity index (χ2n) is 3.45. The zero-order valence-electron chi connectivity index (χ0n) is 9.07. The molecule has 16 heavy (non-hydrogen) atoms. The van der Waals surface area contributed by atoms with Gasteiger partial charge < -0.3 is 10.6 Å². The van der Waals surface area contributed by atoms with Gasteiger partial charge in [-0.15, -0.1) is 5.10 Å². The van der Waals surface area contributed by atoms with Crippen molar-refractivity contribution >= 4 is 27.4 Å². The Kier molecular flexibility index (Phi) is 3.74. The molecule has 0 aliphatic carbocycles. The van der Waals surface area contributed by atoms with Crippen molar-refractivity contribution in [2.75, 3.05) is 25.5 Å². The van der Waals surface area contributed by atoms with Crippen molar-refractivity contribution in [2.24, 2.45) is 0 Å². The van der Waals surface area contributed by atoms with Crippen LogP contribution in [0.5, 0.6) is 0 Å². The van der Waals surface area contributed by atoms with Crippen LogP contribution in [0.25, 0.3) is 5.65 Å². The highest BCUT2D eigenvalue weighted by atomic mass is 79.9. The monoisotopic (exact) mass is 283 g/mol. The number of rotatable bonds is 5. The lowest BCUT2D eigenvalue weighted by Gasteiger charge is -2.05. The molecule has 5 nitrogen and oxygen atoms in total. The van der Waals surface area contributed by atoms with Gasteiger partial charge in [0.05, 0.1) is 6.20 Å². The van der Waals surface area contributed by atoms with E-state index in [4.69, 9.17) is 0 Å². The predicted molar refractivity (Wildman–Crippen MR) is 67.7 cm³/mol. The molecular formula is C10H14BrN5. The summed E-state index contributed by atoms with van der Waals surface area (Å²) in [6, 6.07) is 3.88. The maximum atomic E-state index is 4.41. The summed E-state index contributed by atoms with van der Waals surface area (Å²) in [4.78, 5) is 4.18. The first-order valence-corrected chi connectivity index (χ1v) is 5.99. The van der Waals surface area contributed by atoms with Crippen LogP contribution in [0.3, 0.4) is 0 Å². The van der Waals surface area contributed by atoms with Crippen molar-refractivity contribution in [3.05, 3.63) is 22.9 Å². The third-order valence-electron chi connectivity index (χ3n) is 2.23. The molecule has 0 fully saturated rings. The first kappa shape index (κ1) is 11.3. The minimum Gasteiger partial charge on any atom is -0.369 e. The highest BCUT2D eigenvalue weighted by molar-refractivity contribution is 9.10. The van der Waals surface area contributed by atoms with Gasteiger partial charge in [-0.2, -0.15) is 0 Å². The molecule has 2 heterocycles. The molecule has 0 saturated carbocycles. The molecule has 0 unspecified atom stereocenters. The van der Waals surface area contributed by atoms with Gasteiger partial charge in [0.15, 0.2) is 5.65 Å². The zero-order chi connectivity index (χ0) is 11.4. The Hall–Kier alpha value is -1.14. The molecule has 0 atom stereocenters. The van der Waals surface area contributed by atoms with E-state index in [2.05, 4.69) is 36.6 Å². The Morgan fingerprint density at radius 1 is 1.38 bits per heavy atom. The fourth-order valence-corrected chi connectivity index (χ4v) is 1.78. The highest BCUT2D eigenvalue weighted by Crippen LogP contribution is 2.13. The summed E-state index contributed by atoms with van der Waals surface area (Å²) in [6.07, 6.45) is 2.81. The fraction of sp³-hybridized carbons (Fsp3) is 0.400. The van der Waals surface area contributed by atoms with Gasteiger partial charge in [-0.3, -0.25) is 0 Å². The predicted octanol–water partition coefficient (Wildman–Crippen LogP) is 1.51. The molecule has 0 saturated heterocycles. The van der Waals surface area contributed by atoms with E-state index in [1.807, 2.05) is 19.2 Å². The number of anilines is 1. The van der Waals surface area contributed by atoms with Crippen LogP contribution in [-0.2, 0) is 0 Å². The van der Waals surface area contributed by atoms with Crippen LogP contribution in [0.1, 0.15) is 6.42 Å². The van der Waals surface area contributed by atoms with Crippen molar-refractivity contribution in [1.82, 2.24) is 19.9 Å². The molecule has 2 aromatic rings. The molecule has 6 heteroatoms. The SMILES string of the molecule is CNCCCNc1ccc2ncc(Br)n2n1. The number of nitrogens with zero attached hydrogens (tertiary/aromatic N) is 3. The van der Waals surface area contributed by atoms with Crippen LogP contribution in [0.15, 0.2) is 22.9 Å². The second kappa shape index (κ2) is 5.27. The van der Waals surface area contributed by atoms with E-state index in [1.165, 1.54) is 0 Å². The minimum absolute atomic E-state index is 0.840. The van der Waals surface area contributed by atoms with E-state index in [0.29, 0.717) is 0 Å². The van der Waals surface area contributed by atoms with Gasteiger partial charge in [0.2, 0.25) is 0 Å². The molecule has 2 aromatic heterocycles. The number of hydrogen-bond donors (Lipinski definition) is 2. The van der Waals surface area contributed by atoms with E-state index in [9.17, 15) is 0 Å². The standard InChI is InChI=1S/C10H14BrN5/c1-12-5-2-6-13-9-3-4-10-14-7-8(11)16(10)15-9/h3-4,7,12H,2,5-6H2,1H3,(H,13,15). The van der Waals surface area contributed by atoms with Crippen LogP contribution in [0.4, 0.5) is 5.82 Å². The van der Waals surface area contributed by atoms with Gasteiger partial charge in [0.1, 0.15) is 10.4 Å². The van der Waals surface area contributed by atoms with Gasteiger partial charge in [0, 0.05) is 6.54 Å². The van der Waals surface area contributed by atoms with Crippen molar-refractivity contribution in [3.63, 3.8) is 0 Å². The summed E-state index contributed by atoms with van der Waals surface area (Å²) in [5.74, 6) is 0.863. The van der Waals surface area contributed by atoms with Gasteiger partial charge in [0.25, 0.3) is 0 Å². The lowest BCUT2D eigenvalue weighted by molar-refractivity contribution is 0.744. The number of fused-ring (bicyclic) bond motifs is 1. The molecule has 0 spiro atoms. The summed E-state index contributed by atoms with van der Waals surface area (Å²) in [6.45, 7) is 1.91. The molecule has 0 aromatic carbocycles. The zero-order valence-corrected chi connectivity index (χ0v) is 10.7. The smallest absolute Gasteiger partial charge is 0.154 e. The van der Waals surface area contributed by atoms with Crippen molar-refractivity contribution < 1.29 is 0 Å². The van der Waals surface area contributed by atoms with E-state index in [0.717, 1.165) is 35.6 Å². The number of halogens is 1. The first-order valence-electron chi connectivity index (χ1n) is 5.20. The normalized spacial score (nSPS) is 10.9. The molecule has 0 aliphatic heterocycles. The molecule has 0 amide bonds. The molecule has 86 valence electrons. The third kappa shape index (κ3) is 2.51. The van der Waals surface area contributed by atoms with Crippen LogP contribution >= 0.6 is 15.9 Å². The van der Waals surface area contributed by atoms with Gasteiger partial charge in [-0.1, -0.05) is 0 Å². The largest absolute Gasteiger partial charge is 0.369 e. The van der Waals surface area contributed by atoms with E-state index in [-0.39, 0.29) is 0 Å². The van der Waals surface area contributed by atoms with Crippen LogP contribution in [-0.4, -0.2) is 34.7 Å². The van der Waals surface area contributed by atoms with Crippen molar-refractivity contribution in [3.8, 4) is 0 Å². The average Bonchev–Trinajstić information content (AvgIpc) is 2.67. The summed E-state index contributed by atoms with van der Waals surface area (Å²) < 4.78 is 2.63. The Bertz CT molecular complexity index is 467. The molecule has 0 aliphatic rings. The van der Waals surface area contributed by atoms with Gasteiger partial charge in [-0.25, -0.2) is 9.50 Å². The van der Waals surface area contributed by atoms with Crippen LogP contribution in [0.2, 0.25) is 0 Å². The van der Waals surface area contributed by atoms with Crippen molar-refractivity contribution in [1.29, 1.82) is 0 Å². The number of imidazole rings is 1. The molecular weight excluding hydrogens is 270 g/mol. The summed E-state index contributed by atoms with van der Waals surface area (Å²) in [7, 11) is 1.95. The number of aromatic nitrogens is 3. The van der Waals surface area contributed by atoms with Crippen LogP contribution < -0.4 is 10.6 Å². The van der Waals surface area contributed by atoms with Crippen LogP contribution in [0, 0.1) is 0 Å². The topological polar surface area (TPSA) is 54.2 Å². The Morgan fingerprint density at radius 2 is 2.25 bits per heavy atom. The Labute approximate surface area is 102 Å². The fourth-order valence-electron chi connectivity index (χ4n) is 1.42. The van der Waals surface area contributed by atoms with Gasteiger partial charge in [-0.05, 0) is 48.1 Å². The number of hydrogen-bond acceptors (Lipinski definition) is 4. The summed E-state index contributed by atoms with van der Waals surface area (Å²) >= 11 is 3.39. The minimum atomic E-state index is 0.840. The van der Waals surface area contributed by atoms with E-state index >= 15 is 0 Å². The Balaban J connectivity index is 2.04. The van der Waals surface area contributed by atoms with E-state index < -0.39 is 0 Å². The second-order valence-corrected chi connectivity index (χ2v) is 4.27. The molecule has 2 N–H and O–H groups in total. The summed E-state index contributed by atoms with van der Waals surface area (Å²) in [5.41, 5.74) is 0.840. The third-order valence-corrected chi connectivity index (χ3v) is 2.77. The molecule has 0 bridgehead atoms. The maximum Gasteiger partial charge on any atom is 0.154 e. The van der Waals surface area contributed by atoms with E-state index in [1.54, 1.807) is 10.7 Å². The molecule has 0 radical (unpaired) electrons. The maximum absolute atomic E-state index is 4.41. The lowest BCUT2D eigenvalue weighted by atomic mass is 10.4. The lowest BCUT2D eigenvalue weighted by Crippen LogP contribution is -2.13. The quantitative estimate of drug-likeness (QED) is 0.817. The molecule has 2 rings (SSSR count). The first-order chi connectivity index (χ1) is 7.81. The Morgan fingerprint density at radius 3 is 3.06 bits per heavy atom. The van der Waals surface area contributed by atoms with Crippen molar-refractivity contribution in [2.45, 2.75) is 6.42 Å².